The second-order valence-electron chi connectivity index (χ2n) is 7.06. The SMILES string of the molecule is CN(CCOc1ccccc1Cl)C(=O)c1ccc2[nH]c3c(c2c1)CCCC3. The molecule has 3 aromatic rings. The summed E-state index contributed by atoms with van der Waals surface area (Å²) in [4.78, 5) is 18.0. The number of amides is 1. The maximum atomic E-state index is 12.8. The highest BCUT2D eigenvalue weighted by Gasteiger charge is 2.18. The van der Waals surface area contributed by atoms with Crippen molar-refractivity contribution >= 4 is 28.4 Å². The number of aromatic nitrogens is 1. The number of carbonyl (C=O) groups is 1. The fourth-order valence-electron chi connectivity index (χ4n) is 3.72. The van der Waals surface area contributed by atoms with E-state index in [1.807, 2.05) is 36.4 Å². The first-order valence-electron chi connectivity index (χ1n) is 9.40. The Morgan fingerprint density at radius 3 is 2.85 bits per heavy atom. The lowest BCUT2D eigenvalue weighted by atomic mass is 9.95. The summed E-state index contributed by atoms with van der Waals surface area (Å²) in [5, 5.41) is 1.77. The molecule has 4 rings (SSSR count). The highest BCUT2D eigenvalue weighted by molar-refractivity contribution is 6.32. The number of para-hydroxylation sites is 1. The molecule has 0 saturated carbocycles. The second kappa shape index (κ2) is 7.65. The Hall–Kier alpha value is -2.46. The fraction of sp³-hybridized carbons (Fsp3) is 0.318. The Bertz CT molecular complexity index is 980. The first-order chi connectivity index (χ1) is 13.1. The number of aryl methyl sites for hydroxylation is 2. The lowest BCUT2D eigenvalue weighted by Crippen LogP contribution is -2.30. The quantitative estimate of drug-likeness (QED) is 0.685. The van der Waals surface area contributed by atoms with Crippen LogP contribution >= 0.6 is 11.6 Å². The molecule has 1 N–H and O–H groups in total. The number of halogens is 1. The van der Waals surface area contributed by atoms with Crippen LogP contribution in [0.25, 0.3) is 10.9 Å². The zero-order valence-electron chi connectivity index (χ0n) is 15.4. The van der Waals surface area contributed by atoms with Gasteiger partial charge in [-0.2, -0.15) is 0 Å². The second-order valence-corrected chi connectivity index (χ2v) is 7.46. The van der Waals surface area contributed by atoms with Crippen LogP contribution in [0.2, 0.25) is 5.02 Å². The van der Waals surface area contributed by atoms with Gasteiger partial charge in [0.05, 0.1) is 11.6 Å². The number of ether oxygens (including phenoxy) is 1. The molecule has 1 aliphatic rings. The Morgan fingerprint density at radius 1 is 1.19 bits per heavy atom. The third kappa shape index (κ3) is 3.67. The van der Waals surface area contributed by atoms with Crippen molar-refractivity contribution in [3.63, 3.8) is 0 Å². The molecule has 0 bridgehead atoms. The van der Waals surface area contributed by atoms with E-state index in [9.17, 15) is 4.79 Å². The molecule has 1 heterocycles. The number of carbonyl (C=O) groups excluding carboxylic acids is 1. The van der Waals surface area contributed by atoms with Crippen LogP contribution in [0.3, 0.4) is 0 Å². The number of benzene rings is 2. The van der Waals surface area contributed by atoms with E-state index in [0.717, 1.165) is 23.9 Å². The van der Waals surface area contributed by atoms with Gasteiger partial charge >= 0.3 is 0 Å². The van der Waals surface area contributed by atoms with E-state index in [0.29, 0.717) is 23.9 Å². The average Bonchev–Trinajstić information content (AvgIpc) is 3.06. The van der Waals surface area contributed by atoms with Crippen molar-refractivity contribution in [1.29, 1.82) is 0 Å². The van der Waals surface area contributed by atoms with Crippen molar-refractivity contribution in [2.45, 2.75) is 25.7 Å². The van der Waals surface area contributed by atoms with E-state index in [2.05, 4.69) is 4.98 Å². The number of hydrogen-bond donors (Lipinski definition) is 1. The van der Waals surface area contributed by atoms with Crippen LogP contribution in [0.5, 0.6) is 5.75 Å². The first-order valence-corrected chi connectivity index (χ1v) is 9.77. The Kier molecular flexibility index (Phi) is 5.08. The maximum Gasteiger partial charge on any atom is 0.253 e. The van der Waals surface area contributed by atoms with Gasteiger partial charge in [-0.1, -0.05) is 23.7 Å². The molecule has 1 aliphatic carbocycles. The summed E-state index contributed by atoms with van der Waals surface area (Å²) in [7, 11) is 1.80. The van der Waals surface area contributed by atoms with Crippen molar-refractivity contribution < 1.29 is 9.53 Å². The number of hydrogen-bond acceptors (Lipinski definition) is 2. The van der Waals surface area contributed by atoms with Crippen molar-refractivity contribution in [3.05, 3.63) is 64.3 Å². The minimum Gasteiger partial charge on any atom is -0.490 e. The van der Waals surface area contributed by atoms with Crippen LogP contribution in [0.4, 0.5) is 0 Å². The van der Waals surface area contributed by atoms with Crippen LogP contribution in [0.15, 0.2) is 42.5 Å². The van der Waals surface area contributed by atoms with Crippen molar-refractivity contribution in [3.8, 4) is 5.75 Å². The molecule has 0 atom stereocenters. The van der Waals surface area contributed by atoms with E-state index in [1.54, 1.807) is 18.0 Å². The lowest BCUT2D eigenvalue weighted by Gasteiger charge is -2.18. The van der Waals surface area contributed by atoms with E-state index >= 15 is 0 Å². The van der Waals surface area contributed by atoms with Crippen molar-refractivity contribution in [2.24, 2.45) is 0 Å². The molecule has 4 nitrogen and oxygen atoms in total. The van der Waals surface area contributed by atoms with Gasteiger partial charge in [-0.25, -0.2) is 0 Å². The molecule has 0 radical (unpaired) electrons. The molecule has 0 saturated heterocycles. The number of likely N-dealkylation sites (N-methyl/N-ethyl adjacent to an activating group) is 1. The van der Waals surface area contributed by atoms with Crippen LogP contribution in [0, 0.1) is 0 Å². The largest absolute Gasteiger partial charge is 0.490 e. The Balaban J connectivity index is 1.44. The molecule has 1 aromatic heterocycles. The Morgan fingerprint density at radius 2 is 2.00 bits per heavy atom. The number of H-pyrrole nitrogens is 1. The number of nitrogens with one attached hydrogen (secondary N) is 1. The molecule has 2 aromatic carbocycles. The lowest BCUT2D eigenvalue weighted by molar-refractivity contribution is 0.0774. The predicted molar refractivity (Wildman–Crippen MR) is 109 cm³/mol. The van der Waals surface area contributed by atoms with Crippen LogP contribution in [0.1, 0.15) is 34.5 Å². The molecule has 0 unspecified atom stereocenters. The van der Waals surface area contributed by atoms with Gasteiger partial charge in [0, 0.05) is 29.2 Å². The predicted octanol–water partition coefficient (Wildman–Crippen LogP) is 4.85. The van der Waals surface area contributed by atoms with Gasteiger partial charge in [-0.3, -0.25) is 4.79 Å². The van der Waals surface area contributed by atoms with Gasteiger partial charge < -0.3 is 14.6 Å². The van der Waals surface area contributed by atoms with Gasteiger partial charge in [-0.15, -0.1) is 0 Å². The van der Waals surface area contributed by atoms with Crippen molar-refractivity contribution in [2.75, 3.05) is 20.2 Å². The van der Waals surface area contributed by atoms with Crippen LogP contribution < -0.4 is 4.74 Å². The highest BCUT2D eigenvalue weighted by atomic mass is 35.5. The van der Waals surface area contributed by atoms with Crippen LogP contribution in [-0.2, 0) is 12.8 Å². The first kappa shape index (κ1) is 17.9. The van der Waals surface area contributed by atoms with E-state index in [1.165, 1.54) is 29.5 Å². The summed E-state index contributed by atoms with van der Waals surface area (Å²) < 4.78 is 5.69. The summed E-state index contributed by atoms with van der Waals surface area (Å²) in [6, 6.07) is 13.3. The minimum atomic E-state index is 0.00502. The van der Waals surface area contributed by atoms with E-state index in [4.69, 9.17) is 16.3 Å². The van der Waals surface area contributed by atoms with Gasteiger partial charge in [0.2, 0.25) is 0 Å². The maximum absolute atomic E-state index is 12.8. The zero-order valence-corrected chi connectivity index (χ0v) is 16.2. The third-order valence-electron chi connectivity index (χ3n) is 5.21. The smallest absolute Gasteiger partial charge is 0.253 e. The van der Waals surface area contributed by atoms with Crippen LogP contribution in [-0.4, -0.2) is 36.0 Å². The molecule has 0 spiro atoms. The summed E-state index contributed by atoms with van der Waals surface area (Å²) in [5.74, 6) is 0.644. The van der Waals surface area contributed by atoms with Gasteiger partial charge in [0.15, 0.2) is 0 Å². The molecule has 140 valence electrons. The highest BCUT2D eigenvalue weighted by Crippen LogP contribution is 2.30. The summed E-state index contributed by atoms with van der Waals surface area (Å²) >= 11 is 6.09. The van der Waals surface area contributed by atoms with Gasteiger partial charge in [0.1, 0.15) is 12.4 Å². The molecule has 27 heavy (non-hydrogen) atoms. The summed E-state index contributed by atoms with van der Waals surface area (Å²) in [6.07, 6.45) is 4.65. The third-order valence-corrected chi connectivity index (χ3v) is 5.52. The number of nitrogens with zero attached hydrogens (tertiary/aromatic N) is 1. The standard InChI is InChI=1S/C22H23ClN2O2/c1-25(12-13-27-21-9-5-3-7-18(21)23)22(26)15-10-11-20-17(14-15)16-6-2-4-8-19(16)24-20/h3,5,7,9-11,14,24H,2,4,6,8,12-13H2,1H3. The fourth-order valence-corrected chi connectivity index (χ4v) is 3.91. The monoisotopic (exact) mass is 382 g/mol. The molecular weight excluding hydrogens is 360 g/mol. The Labute approximate surface area is 164 Å². The summed E-state index contributed by atoms with van der Waals surface area (Å²) in [5.41, 5.74) is 4.57. The van der Waals surface area contributed by atoms with Crippen molar-refractivity contribution in [1.82, 2.24) is 9.88 Å². The number of rotatable bonds is 5. The molecular formula is C22H23ClN2O2. The average molecular weight is 383 g/mol. The number of fused-ring (bicyclic) bond motifs is 3. The van der Waals surface area contributed by atoms with E-state index < -0.39 is 0 Å². The van der Waals surface area contributed by atoms with Gasteiger partial charge in [0.25, 0.3) is 5.91 Å². The normalized spacial score (nSPS) is 13.4. The zero-order chi connectivity index (χ0) is 18.8. The van der Waals surface area contributed by atoms with E-state index in [-0.39, 0.29) is 5.91 Å². The molecule has 0 fully saturated rings. The number of aromatic amines is 1. The molecule has 1 amide bonds. The minimum absolute atomic E-state index is 0.00502. The molecule has 0 aliphatic heterocycles. The topological polar surface area (TPSA) is 45.3 Å². The summed E-state index contributed by atoms with van der Waals surface area (Å²) in [6.45, 7) is 0.890. The molecule has 5 heteroatoms. The van der Waals surface area contributed by atoms with Gasteiger partial charge in [-0.05, 0) is 61.6 Å².